The van der Waals surface area contributed by atoms with Gasteiger partial charge in [-0.25, -0.2) is 4.79 Å². The first-order valence-corrected chi connectivity index (χ1v) is 6.68. The van der Waals surface area contributed by atoms with Crippen LogP contribution >= 0.6 is 0 Å². The molecule has 0 saturated carbocycles. The zero-order chi connectivity index (χ0) is 14.5. The summed E-state index contributed by atoms with van der Waals surface area (Å²) in [6.45, 7) is 7.32. The first-order valence-electron chi connectivity index (χ1n) is 6.68. The highest BCUT2D eigenvalue weighted by atomic mass is 16.5. The van der Waals surface area contributed by atoms with Crippen LogP contribution in [-0.4, -0.2) is 5.97 Å². The maximum atomic E-state index is 11.7. The minimum Gasteiger partial charge on any atom is -0.423 e. The fourth-order valence-electron chi connectivity index (χ4n) is 2.10. The van der Waals surface area contributed by atoms with Crippen molar-refractivity contribution in [3.63, 3.8) is 0 Å². The minimum absolute atomic E-state index is 0.384. The van der Waals surface area contributed by atoms with E-state index in [1.807, 2.05) is 36.4 Å². The summed E-state index contributed by atoms with van der Waals surface area (Å²) >= 11 is 0. The Labute approximate surface area is 119 Å². The van der Waals surface area contributed by atoms with Crippen molar-refractivity contribution in [2.45, 2.75) is 20.3 Å². The molecule has 0 amide bonds. The van der Waals surface area contributed by atoms with Gasteiger partial charge in [-0.2, -0.15) is 0 Å². The Hall–Kier alpha value is -2.35. The van der Waals surface area contributed by atoms with Gasteiger partial charge in [0.2, 0.25) is 0 Å². The van der Waals surface area contributed by atoms with Crippen molar-refractivity contribution in [2.75, 3.05) is 0 Å². The van der Waals surface area contributed by atoms with Gasteiger partial charge in [0.1, 0.15) is 5.75 Å². The first-order chi connectivity index (χ1) is 9.63. The molecule has 0 bridgehead atoms. The van der Waals surface area contributed by atoms with Crippen molar-refractivity contribution >= 4 is 5.97 Å². The van der Waals surface area contributed by atoms with Crippen LogP contribution in [0, 0.1) is 0 Å². The SMILES string of the molecule is C=C(C)C(=O)Oc1cccc(-c2ccccc2)c1CC. The van der Waals surface area contributed by atoms with Gasteiger partial charge in [0.05, 0.1) is 0 Å². The normalized spacial score (nSPS) is 10.1. The highest BCUT2D eigenvalue weighted by molar-refractivity contribution is 5.89. The van der Waals surface area contributed by atoms with Crippen molar-refractivity contribution in [1.29, 1.82) is 0 Å². The van der Waals surface area contributed by atoms with E-state index in [9.17, 15) is 4.79 Å². The Morgan fingerprint density at radius 2 is 1.80 bits per heavy atom. The van der Waals surface area contributed by atoms with Gasteiger partial charge in [0, 0.05) is 11.1 Å². The van der Waals surface area contributed by atoms with Crippen LogP contribution in [0.5, 0.6) is 5.75 Å². The number of rotatable bonds is 4. The molecule has 0 aromatic heterocycles. The molecule has 0 radical (unpaired) electrons. The van der Waals surface area contributed by atoms with Crippen molar-refractivity contribution < 1.29 is 9.53 Å². The van der Waals surface area contributed by atoms with Crippen LogP contribution in [-0.2, 0) is 11.2 Å². The molecule has 2 aromatic carbocycles. The van der Waals surface area contributed by atoms with Gasteiger partial charge in [0.15, 0.2) is 0 Å². The number of carbonyl (C=O) groups excluding carboxylic acids is 1. The number of esters is 1. The van der Waals surface area contributed by atoms with E-state index < -0.39 is 0 Å². The fraction of sp³-hybridized carbons (Fsp3) is 0.167. The zero-order valence-corrected chi connectivity index (χ0v) is 11.8. The number of benzene rings is 2. The molecular formula is C18H18O2. The summed E-state index contributed by atoms with van der Waals surface area (Å²) < 4.78 is 5.42. The van der Waals surface area contributed by atoms with Gasteiger partial charge in [0.25, 0.3) is 0 Å². The van der Waals surface area contributed by atoms with Gasteiger partial charge in [-0.3, -0.25) is 0 Å². The number of ether oxygens (including phenoxy) is 1. The van der Waals surface area contributed by atoms with Gasteiger partial charge in [-0.1, -0.05) is 56.0 Å². The largest absolute Gasteiger partial charge is 0.423 e. The van der Waals surface area contributed by atoms with Gasteiger partial charge < -0.3 is 4.74 Å². The molecular weight excluding hydrogens is 248 g/mol. The molecule has 0 unspecified atom stereocenters. The second-order valence-corrected chi connectivity index (χ2v) is 4.67. The molecule has 0 heterocycles. The molecule has 2 heteroatoms. The molecule has 0 fully saturated rings. The highest BCUT2D eigenvalue weighted by Crippen LogP contribution is 2.31. The summed E-state index contributed by atoms with van der Waals surface area (Å²) in [6.07, 6.45) is 0.796. The molecule has 0 atom stereocenters. The molecule has 20 heavy (non-hydrogen) atoms. The van der Waals surface area contributed by atoms with E-state index in [0.717, 1.165) is 23.1 Å². The lowest BCUT2D eigenvalue weighted by atomic mass is 9.97. The summed E-state index contributed by atoms with van der Waals surface area (Å²) in [5, 5.41) is 0. The lowest BCUT2D eigenvalue weighted by Gasteiger charge is -2.13. The van der Waals surface area contributed by atoms with E-state index in [1.54, 1.807) is 6.92 Å². The zero-order valence-electron chi connectivity index (χ0n) is 11.8. The van der Waals surface area contributed by atoms with Crippen LogP contribution in [0.1, 0.15) is 19.4 Å². The van der Waals surface area contributed by atoms with Crippen LogP contribution in [0.3, 0.4) is 0 Å². The summed E-state index contributed by atoms with van der Waals surface area (Å²) in [7, 11) is 0. The summed E-state index contributed by atoms with van der Waals surface area (Å²) in [4.78, 5) is 11.7. The molecule has 0 saturated heterocycles. The second kappa shape index (κ2) is 6.20. The van der Waals surface area contributed by atoms with E-state index in [1.165, 1.54) is 0 Å². The van der Waals surface area contributed by atoms with Crippen molar-refractivity contribution in [2.24, 2.45) is 0 Å². The van der Waals surface area contributed by atoms with Gasteiger partial charge >= 0.3 is 5.97 Å². The van der Waals surface area contributed by atoms with E-state index in [2.05, 4.69) is 25.6 Å². The van der Waals surface area contributed by atoms with E-state index in [0.29, 0.717) is 11.3 Å². The third-order valence-corrected chi connectivity index (χ3v) is 3.12. The molecule has 0 spiro atoms. The van der Waals surface area contributed by atoms with Crippen molar-refractivity contribution in [3.8, 4) is 16.9 Å². The average molecular weight is 266 g/mol. The first kappa shape index (κ1) is 14.1. The average Bonchev–Trinajstić information content (AvgIpc) is 2.47. The summed E-state index contributed by atoms with van der Waals surface area (Å²) in [6, 6.07) is 15.9. The highest BCUT2D eigenvalue weighted by Gasteiger charge is 2.13. The third-order valence-electron chi connectivity index (χ3n) is 3.12. The molecule has 102 valence electrons. The third kappa shape index (κ3) is 2.97. The predicted molar refractivity (Wildman–Crippen MR) is 81.7 cm³/mol. The van der Waals surface area contributed by atoms with E-state index >= 15 is 0 Å². The quantitative estimate of drug-likeness (QED) is 0.466. The molecule has 0 aliphatic rings. The fourth-order valence-corrected chi connectivity index (χ4v) is 2.10. The number of hydrogen-bond acceptors (Lipinski definition) is 2. The lowest BCUT2D eigenvalue weighted by molar-refractivity contribution is -0.130. The molecule has 2 nitrogen and oxygen atoms in total. The second-order valence-electron chi connectivity index (χ2n) is 4.67. The molecule has 2 aromatic rings. The number of carbonyl (C=O) groups is 1. The Morgan fingerprint density at radius 3 is 2.40 bits per heavy atom. The van der Waals surface area contributed by atoms with Gasteiger partial charge in [-0.05, 0) is 30.5 Å². The monoisotopic (exact) mass is 266 g/mol. The molecule has 0 aliphatic carbocycles. The van der Waals surface area contributed by atoms with Crippen LogP contribution in [0.15, 0.2) is 60.7 Å². The Morgan fingerprint density at radius 1 is 1.10 bits per heavy atom. The smallest absolute Gasteiger partial charge is 0.338 e. The predicted octanol–water partition coefficient (Wildman–Crippen LogP) is 4.40. The van der Waals surface area contributed by atoms with Crippen molar-refractivity contribution in [1.82, 2.24) is 0 Å². The molecule has 2 rings (SSSR count). The van der Waals surface area contributed by atoms with Crippen molar-refractivity contribution in [3.05, 3.63) is 66.2 Å². The van der Waals surface area contributed by atoms with E-state index in [4.69, 9.17) is 4.74 Å². The topological polar surface area (TPSA) is 26.3 Å². The van der Waals surface area contributed by atoms with Crippen LogP contribution in [0.2, 0.25) is 0 Å². The molecule has 0 N–H and O–H groups in total. The maximum Gasteiger partial charge on any atom is 0.338 e. The molecule has 0 aliphatic heterocycles. The van der Waals surface area contributed by atoms with Crippen LogP contribution in [0.4, 0.5) is 0 Å². The number of hydrogen-bond donors (Lipinski definition) is 0. The standard InChI is InChI=1S/C18H18O2/c1-4-15-16(14-9-6-5-7-10-14)11-8-12-17(15)20-18(19)13(2)3/h5-12H,2,4H2,1,3H3. The van der Waals surface area contributed by atoms with Crippen LogP contribution in [0.25, 0.3) is 11.1 Å². The maximum absolute atomic E-state index is 11.7. The minimum atomic E-state index is -0.384. The van der Waals surface area contributed by atoms with Crippen LogP contribution < -0.4 is 4.74 Å². The Bertz CT molecular complexity index is 627. The summed E-state index contributed by atoms with van der Waals surface area (Å²) in [5.74, 6) is 0.228. The lowest BCUT2D eigenvalue weighted by Crippen LogP contribution is -2.10. The van der Waals surface area contributed by atoms with E-state index in [-0.39, 0.29) is 5.97 Å². The Kier molecular flexibility index (Phi) is 4.36. The van der Waals surface area contributed by atoms with Gasteiger partial charge in [-0.15, -0.1) is 0 Å². The summed E-state index contributed by atoms with van der Waals surface area (Å²) in [5.41, 5.74) is 3.66. The Balaban J connectivity index is 2.45.